The molecule has 0 saturated carbocycles. The molecule has 0 saturated heterocycles. The average Bonchev–Trinajstić information content (AvgIpc) is 2.41. The predicted octanol–water partition coefficient (Wildman–Crippen LogP) is 4.31. The second-order valence-corrected chi connectivity index (χ2v) is 5.43. The van der Waals surface area contributed by atoms with Crippen LogP contribution in [0.3, 0.4) is 0 Å². The molecular weight excluding hydrogens is 342 g/mol. The maximum absolute atomic E-state index is 12.5. The fourth-order valence-corrected chi connectivity index (χ4v) is 2.52. The SMILES string of the molecule is CCOc1ccc(C(=O)c2cc(Cl)ccc2N)c(Br)c1. The van der Waals surface area contributed by atoms with E-state index in [4.69, 9.17) is 22.1 Å². The van der Waals surface area contributed by atoms with Gasteiger partial charge in [-0.3, -0.25) is 4.79 Å². The number of halogens is 2. The zero-order valence-electron chi connectivity index (χ0n) is 10.8. The molecule has 5 heteroatoms. The van der Waals surface area contributed by atoms with Crippen molar-refractivity contribution in [3.05, 3.63) is 57.0 Å². The van der Waals surface area contributed by atoms with Crippen LogP contribution in [0.1, 0.15) is 22.8 Å². The van der Waals surface area contributed by atoms with Crippen LogP contribution in [-0.2, 0) is 0 Å². The number of hydrogen-bond acceptors (Lipinski definition) is 3. The van der Waals surface area contributed by atoms with E-state index in [0.29, 0.717) is 38.7 Å². The zero-order valence-corrected chi connectivity index (χ0v) is 13.2. The van der Waals surface area contributed by atoms with Gasteiger partial charge in [0.1, 0.15) is 5.75 Å². The first-order valence-corrected chi connectivity index (χ1v) is 7.22. The highest BCUT2D eigenvalue weighted by atomic mass is 79.9. The third-order valence-electron chi connectivity index (χ3n) is 2.76. The van der Waals surface area contributed by atoms with Gasteiger partial charge in [0, 0.05) is 26.3 Å². The molecule has 0 aliphatic rings. The van der Waals surface area contributed by atoms with E-state index in [2.05, 4.69) is 15.9 Å². The monoisotopic (exact) mass is 353 g/mol. The molecule has 2 aromatic carbocycles. The molecule has 0 amide bonds. The van der Waals surface area contributed by atoms with Crippen LogP contribution < -0.4 is 10.5 Å². The van der Waals surface area contributed by atoms with Gasteiger partial charge in [0.05, 0.1) is 6.61 Å². The fourth-order valence-electron chi connectivity index (χ4n) is 1.81. The van der Waals surface area contributed by atoms with Crippen LogP contribution in [0.4, 0.5) is 5.69 Å². The smallest absolute Gasteiger partial charge is 0.196 e. The van der Waals surface area contributed by atoms with Gasteiger partial charge in [-0.1, -0.05) is 11.6 Å². The molecule has 0 radical (unpaired) electrons. The molecule has 0 bridgehead atoms. The molecule has 0 heterocycles. The molecular formula is C15H13BrClNO2. The number of rotatable bonds is 4. The third-order valence-corrected chi connectivity index (χ3v) is 3.65. The molecule has 20 heavy (non-hydrogen) atoms. The third kappa shape index (κ3) is 3.14. The minimum Gasteiger partial charge on any atom is -0.494 e. The lowest BCUT2D eigenvalue weighted by Gasteiger charge is -2.09. The fraction of sp³-hybridized carbons (Fsp3) is 0.133. The van der Waals surface area contributed by atoms with E-state index >= 15 is 0 Å². The van der Waals surface area contributed by atoms with Gasteiger partial charge in [-0.2, -0.15) is 0 Å². The van der Waals surface area contributed by atoms with Gasteiger partial charge in [0.15, 0.2) is 5.78 Å². The first kappa shape index (κ1) is 14.9. The Morgan fingerprint density at radius 2 is 2.00 bits per heavy atom. The van der Waals surface area contributed by atoms with Crippen molar-refractivity contribution in [2.75, 3.05) is 12.3 Å². The number of nitrogen functional groups attached to an aromatic ring is 1. The van der Waals surface area contributed by atoms with Gasteiger partial charge in [-0.25, -0.2) is 0 Å². The normalized spacial score (nSPS) is 10.3. The predicted molar refractivity (Wildman–Crippen MR) is 84.6 cm³/mol. The largest absolute Gasteiger partial charge is 0.494 e. The summed E-state index contributed by atoms with van der Waals surface area (Å²) in [7, 11) is 0. The molecule has 3 nitrogen and oxygen atoms in total. The number of benzene rings is 2. The number of nitrogens with two attached hydrogens (primary N) is 1. The highest BCUT2D eigenvalue weighted by molar-refractivity contribution is 9.10. The van der Waals surface area contributed by atoms with E-state index in [1.807, 2.05) is 6.92 Å². The van der Waals surface area contributed by atoms with Crippen molar-refractivity contribution in [3.63, 3.8) is 0 Å². The molecule has 0 aliphatic carbocycles. The van der Waals surface area contributed by atoms with Gasteiger partial charge >= 0.3 is 0 Å². The zero-order chi connectivity index (χ0) is 14.7. The minimum atomic E-state index is -0.181. The summed E-state index contributed by atoms with van der Waals surface area (Å²) in [5.41, 5.74) is 7.15. The highest BCUT2D eigenvalue weighted by Crippen LogP contribution is 2.28. The Labute approximate surface area is 130 Å². The number of ether oxygens (including phenoxy) is 1. The van der Waals surface area contributed by atoms with Crippen LogP contribution in [-0.4, -0.2) is 12.4 Å². The first-order valence-electron chi connectivity index (χ1n) is 6.05. The summed E-state index contributed by atoms with van der Waals surface area (Å²) in [6.45, 7) is 2.47. The van der Waals surface area contributed by atoms with Crippen LogP contribution in [0.5, 0.6) is 5.75 Å². The van der Waals surface area contributed by atoms with Gasteiger partial charge in [-0.15, -0.1) is 0 Å². The maximum atomic E-state index is 12.5. The van der Waals surface area contributed by atoms with Crippen molar-refractivity contribution >= 4 is 39.0 Å². The van der Waals surface area contributed by atoms with Crippen LogP contribution in [0.2, 0.25) is 5.02 Å². The summed E-state index contributed by atoms with van der Waals surface area (Å²) in [5, 5.41) is 0.476. The van der Waals surface area contributed by atoms with Gasteiger partial charge in [-0.05, 0) is 59.3 Å². The Balaban J connectivity index is 2.40. The van der Waals surface area contributed by atoms with E-state index < -0.39 is 0 Å². The molecule has 0 spiro atoms. The van der Waals surface area contributed by atoms with E-state index in [-0.39, 0.29) is 5.78 Å². The number of anilines is 1. The molecule has 0 atom stereocenters. The number of ketones is 1. The standard InChI is InChI=1S/C15H13BrClNO2/c1-2-20-10-4-5-11(13(16)8-10)15(19)12-7-9(17)3-6-14(12)18/h3-8H,2,18H2,1H3. The average molecular weight is 355 g/mol. The van der Waals surface area contributed by atoms with Crippen molar-refractivity contribution in [1.29, 1.82) is 0 Å². The molecule has 0 aromatic heterocycles. The number of carbonyl (C=O) groups excluding carboxylic acids is 1. The molecule has 2 N–H and O–H groups in total. The summed E-state index contributed by atoms with van der Waals surface area (Å²) in [5.74, 6) is 0.523. The van der Waals surface area contributed by atoms with Crippen LogP contribution in [0.15, 0.2) is 40.9 Å². The lowest BCUT2D eigenvalue weighted by Crippen LogP contribution is -2.06. The van der Waals surface area contributed by atoms with Crippen LogP contribution in [0.25, 0.3) is 0 Å². The molecule has 104 valence electrons. The Kier molecular flexibility index (Phi) is 4.68. The number of hydrogen-bond donors (Lipinski definition) is 1. The molecule has 0 unspecified atom stereocenters. The Morgan fingerprint density at radius 1 is 1.25 bits per heavy atom. The van der Waals surface area contributed by atoms with Gasteiger partial charge in [0.2, 0.25) is 0 Å². The van der Waals surface area contributed by atoms with Gasteiger partial charge in [0.25, 0.3) is 0 Å². The summed E-state index contributed by atoms with van der Waals surface area (Å²) in [6.07, 6.45) is 0. The summed E-state index contributed by atoms with van der Waals surface area (Å²) in [6, 6.07) is 10.1. The lowest BCUT2D eigenvalue weighted by atomic mass is 10.0. The quantitative estimate of drug-likeness (QED) is 0.657. The topological polar surface area (TPSA) is 52.3 Å². The van der Waals surface area contributed by atoms with E-state index in [0.717, 1.165) is 0 Å². The van der Waals surface area contributed by atoms with Crippen molar-refractivity contribution in [2.45, 2.75) is 6.92 Å². The first-order chi connectivity index (χ1) is 9.52. The van der Waals surface area contributed by atoms with Crippen molar-refractivity contribution in [2.24, 2.45) is 0 Å². The second-order valence-electron chi connectivity index (χ2n) is 4.14. The van der Waals surface area contributed by atoms with Crippen molar-refractivity contribution in [1.82, 2.24) is 0 Å². The van der Waals surface area contributed by atoms with Crippen molar-refractivity contribution in [3.8, 4) is 5.75 Å². The van der Waals surface area contributed by atoms with Crippen LogP contribution in [0, 0.1) is 0 Å². The van der Waals surface area contributed by atoms with E-state index in [9.17, 15) is 4.79 Å². The number of carbonyl (C=O) groups is 1. The summed E-state index contributed by atoms with van der Waals surface area (Å²) in [4.78, 5) is 12.5. The Morgan fingerprint density at radius 3 is 2.65 bits per heavy atom. The molecule has 0 fully saturated rings. The molecule has 2 rings (SSSR count). The highest BCUT2D eigenvalue weighted by Gasteiger charge is 2.16. The van der Waals surface area contributed by atoms with E-state index in [1.54, 1.807) is 36.4 Å². The summed E-state index contributed by atoms with van der Waals surface area (Å²) >= 11 is 9.30. The van der Waals surface area contributed by atoms with E-state index in [1.165, 1.54) is 0 Å². The Hall–Kier alpha value is -1.52. The molecule has 2 aromatic rings. The maximum Gasteiger partial charge on any atom is 0.196 e. The second kappa shape index (κ2) is 6.29. The minimum absolute atomic E-state index is 0.181. The lowest BCUT2D eigenvalue weighted by molar-refractivity contribution is 0.103. The van der Waals surface area contributed by atoms with Crippen molar-refractivity contribution < 1.29 is 9.53 Å². The Bertz CT molecular complexity index is 658. The van der Waals surface area contributed by atoms with Crippen LogP contribution >= 0.6 is 27.5 Å². The van der Waals surface area contributed by atoms with Gasteiger partial charge < -0.3 is 10.5 Å². The summed E-state index contributed by atoms with van der Waals surface area (Å²) < 4.78 is 6.04. The molecule has 0 aliphatic heterocycles.